The van der Waals surface area contributed by atoms with Crippen molar-refractivity contribution < 1.29 is 23.8 Å². The third kappa shape index (κ3) is 4.15. The van der Waals surface area contributed by atoms with Crippen molar-refractivity contribution in [3.63, 3.8) is 0 Å². The Morgan fingerprint density at radius 3 is 2.46 bits per heavy atom. The summed E-state index contributed by atoms with van der Waals surface area (Å²) in [6, 6.07) is 5.64. The van der Waals surface area contributed by atoms with Gasteiger partial charge in [-0.05, 0) is 25.0 Å². The average Bonchev–Trinajstić information content (AvgIpc) is 3.32. The van der Waals surface area contributed by atoms with Gasteiger partial charge in [0.25, 0.3) is 0 Å². The van der Waals surface area contributed by atoms with Crippen molar-refractivity contribution in [1.29, 1.82) is 0 Å². The van der Waals surface area contributed by atoms with Gasteiger partial charge in [-0.25, -0.2) is 0 Å². The van der Waals surface area contributed by atoms with Crippen molar-refractivity contribution in [2.45, 2.75) is 46.6 Å². The predicted octanol–water partition coefficient (Wildman–Crippen LogP) is 3.37. The molecule has 1 aliphatic heterocycles. The minimum Gasteiger partial charge on any atom is -0.462 e. The van der Waals surface area contributed by atoms with E-state index in [2.05, 4.69) is 0 Å². The minimum atomic E-state index is -0.705. The molecule has 0 aliphatic carbocycles. The predicted molar refractivity (Wildman–Crippen MR) is 89.7 cm³/mol. The summed E-state index contributed by atoms with van der Waals surface area (Å²) >= 11 is 0. The standard InChI is InChI=1S/C19H26O5/c1-6-14(5)18(21)24-16-9-13(4)7-8-15(16)19(11-23-19)10-22-17(20)12(2)3/h7-9,12,14H,6,10-11H2,1-5H3. The number of esters is 2. The summed E-state index contributed by atoms with van der Waals surface area (Å²) in [5.74, 6) is -0.414. The number of hydrogen-bond acceptors (Lipinski definition) is 5. The van der Waals surface area contributed by atoms with E-state index in [1.54, 1.807) is 13.8 Å². The number of benzene rings is 1. The van der Waals surface area contributed by atoms with Gasteiger partial charge in [-0.15, -0.1) is 0 Å². The van der Waals surface area contributed by atoms with Gasteiger partial charge in [0.15, 0.2) is 5.60 Å². The summed E-state index contributed by atoms with van der Waals surface area (Å²) in [6.45, 7) is 9.85. The van der Waals surface area contributed by atoms with Gasteiger partial charge in [-0.3, -0.25) is 9.59 Å². The molecule has 1 saturated heterocycles. The molecular formula is C19H26O5. The molecule has 0 radical (unpaired) electrons. The fourth-order valence-electron chi connectivity index (χ4n) is 2.22. The largest absolute Gasteiger partial charge is 0.462 e. The van der Waals surface area contributed by atoms with Crippen molar-refractivity contribution in [2.75, 3.05) is 13.2 Å². The van der Waals surface area contributed by atoms with Crippen molar-refractivity contribution in [1.82, 2.24) is 0 Å². The molecule has 5 nitrogen and oxygen atoms in total. The fraction of sp³-hybridized carbons (Fsp3) is 0.579. The van der Waals surface area contributed by atoms with Gasteiger partial charge in [0, 0.05) is 5.56 Å². The molecular weight excluding hydrogens is 308 g/mol. The maximum Gasteiger partial charge on any atom is 0.314 e. The van der Waals surface area contributed by atoms with E-state index in [9.17, 15) is 9.59 Å². The first-order chi connectivity index (χ1) is 11.3. The van der Waals surface area contributed by atoms with Crippen LogP contribution in [0.2, 0.25) is 0 Å². The second-order valence-electron chi connectivity index (χ2n) is 6.78. The summed E-state index contributed by atoms with van der Waals surface area (Å²) in [4.78, 5) is 23.9. The summed E-state index contributed by atoms with van der Waals surface area (Å²) in [5, 5.41) is 0. The van der Waals surface area contributed by atoms with Crippen LogP contribution >= 0.6 is 0 Å². The number of carbonyl (C=O) groups excluding carboxylic acids is 2. The lowest BCUT2D eigenvalue weighted by molar-refractivity contribution is -0.149. The summed E-state index contributed by atoms with van der Waals surface area (Å²) in [7, 11) is 0. The van der Waals surface area contributed by atoms with E-state index in [0.29, 0.717) is 18.8 Å². The number of ether oxygens (including phenoxy) is 3. The topological polar surface area (TPSA) is 65.1 Å². The van der Waals surface area contributed by atoms with E-state index in [1.807, 2.05) is 39.0 Å². The Bertz CT molecular complexity index is 616. The second-order valence-corrected chi connectivity index (χ2v) is 6.78. The van der Waals surface area contributed by atoms with Crippen LogP contribution in [0.15, 0.2) is 18.2 Å². The molecule has 1 aromatic carbocycles. The molecule has 1 fully saturated rings. The maximum atomic E-state index is 12.2. The van der Waals surface area contributed by atoms with Crippen LogP contribution in [0.4, 0.5) is 0 Å². The van der Waals surface area contributed by atoms with Crippen LogP contribution < -0.4 is 4.74 Å². The Kier molecular flexibility index (Phi) is 5.65. The van der Waals surface area contributed by atoms with Crippen LogP contribution in [0.1, 0.15) is 45.2 Å². The Hall–Kier alpha value is -1.88. The molecule has 0 aromatic heterocycles. The molecule has 0 amide bonds. The smallest absolute Gasteiger partial charge is 0.314 e. The van der Waals surface area contributed by atoms with Crippen LogP contribution in [0.3, 0.4) is 0 Å². The zero-order valence-corrected chi connectivity index (χ0v) is 15.0. The first-order valence-corrected chi connectivity index (χ1v) is 8.42. The Morgan fingerprint density at radius 1 is 1.25 bits per heavy atom. The summed E-state index contributed by atoms with van der Waals surface area (Å²) in [6.07, 6.45) is 0.716. The monoisotopic (exact) mass is 334 g/mol. The minimum absolute atomic E-state index is 0.126. The van der Waals surface area contributed by atoms with Crippen LogP contribution in [0, 0.1) is 18.8 Å². The number of carbonyl (C=O) groups is 2. The number of epoxide rings is 1. The second kappa shape index (κ2) is 7.34. The lowest BCUT2D eigenvalue weighted by Crippen LogP contribution is -2.24. The van der Waals surface area contributed by atoms with E-state index < -0.39 is 5.60 Å². The van der Waals surface area contributed by atoms with Gasteiger partial charge in [0.2, 0.25) is 0 Å². The lowest BCUT2D eigenvalue weighted by Gasteiger charge is -2.19. The first-order valence-electron chi connectivity index (χ1n) is 8.42. The Labute approximate surface area is 143 Å². The van der Waals surface area contributed by atoms with Crippen molar-refractivity contribution in [3.05, 3.63) is 29.3 Å². The van der Waals surface area contributed by atoms with Gasteiger partial charge >= 0.3 is 11.9 Å². The van der Waals surface area contributed by atoms with Crippen LogP contribution in [0.5, 0.6) is 5.75 Å². The van der Waals surface area contributed by atoms with Crippen LogP contribution in [-0.4, -0.2) is 25.2 Å². The third-order valence-electron chi connectivity index (χ3n) is 4.27. The lowest BCUT2D eigenvalue weighted by atomic mass is 9.98. The van der Waals surface area contributed by atoms with Gasteiger partial charge in [0.05, 0.1) is 18.4 Å². The highest BCUT2D eigenvalue weighted by molar-refractivity contribution is 5.75. The quantitative estimate of drug-likeness (QED) is 0.434. The highest BCUT2D eigenvalue weighted by Gasteiger charge is 2.50. The van der Waals surface area contributed by atoms with Gasteiger partial charge in [-0.2, -0.15) is 0 Å². The zero-order valence-electron chi connectivity index (χ0n) is 15.0. The molecule has 1 heterocycles. The molecule has 2 unspecified atom stereocenters. The van der Waals surface area contributed by atoms with Gasteiger partial charge < -0.3 is 14.2 Å². The number of hydrogen-bond donors (Lipinski definition) is 0. The number of rotatable bonds is 7. The SMILES string of the molecule is CCC(C)C(=O)Oc1cc(C)ccc1C1(COC(=O)C(C)C)CO1. The zero-order chi connectivity index (χ0) is 17.9. The van der Waals surface area contributed by atoms with E-state index in [-0.39, 0.29) is 30.4 Å². The Balaban J connectivity index is 2.20. The average molecular weight is 334 g/mol. The molecule has 0 spiro atoms. The maximum absolute atomic E-state index is 12.2. The number of aryl methyl sites for hydroxylation is 1. The third-order valence-corrected chi connectivity index (χ3v) is 4.27. The van der Waals surface area contributed by atoms with Crippen LogP contribution in [-0.2, 0) is 24.7 Å². The molecule has 1 aliphatic rings. The van der Waals surface area contributed by atoms with Crippen LogP contribution in [0.25, 0.3) is 0 Å². The van der Waals surface area contributed by atoms with E-state index >= 15 is 0 Å². The summed E-state index contributed by atoms with van der Waals surface area (Å²) in [5.41, 5.74) is 1.03. The summed E-state index contributed by atoms with van der Waals surface area (Å²) < 4.78 is 16.5. The van der Waals surface area contributed by atoms with Gasteiger partial charge in [0.1, 0.15) is 12.4 Å². The highest BCUT2D eigenvalue weighted by atomic mass is 16.6. The van der Waals surface area contributed by atoms with Crippen molar-refractivity contribution >= 4 is 11.9 Å². The highest BCUT2D eigenvalue weighted by Crippen LogP contribution is 2.44. The van der Waals surface area contributed by atoms with Crippen molar-refractivity contribution in [2.24, 2.45) is 11.8 Å². The Morgan fingerprint density at radius 2 is 1.92 bits per heavy atom. The normalized spacial score (nSPS) is 20.6. The molecule has 2 rings (SSSR count). The molecule has 132 valence electrons. The molecule has 1 aromatic rings. The van der Waals surface area contributed by atoms with E-state index in [4.69, 9.17) is 14.2 Å². The molecule has 0 N–H and O–H groups in total. The molecule has 0 saturated carbocycles. The molecule has 24 heavy (non-hydrogen) atoms. The first kappa shape index (κ1) is 18.5. The molecule has 0 bridgehead atoms. The van der Waals surface area contributed by atoms with E-state index in [1.165, 1.54) is 0 Å². The molecule has 5 heteroatoms. The fourth-order valence-corrected chi connectivity index (χ4v) is 2.22. The molecule has 2 atom stereocenters. The van der Waals surface area contributed by atoms with E-state index in [0.717, 1.165) is 11.1 Å². The van der Waals surface area contributed by atoms with Gasteiger partial charge in [-0.1, -0.05) is 39.8 Å². The van der Waals surface area contributed by atoms with Crippen molar-refractivity contribution in [3.8, 4) is 5.75 Å².